The minimum absolute atomic E-state index is 0.00185. The van der Waals surface area contributed by atoms with Gasteiger partial charge in [-0.25, -0.2) is 0 Å². The fourth-order valence-electron chi connectivity index (χ4n) is 3.05. The van der Waals surface area contributed by atoms with E-state index in [0.717, 1.165) is 29.7 Å². The third-order valence-electron chi connectivity index (χ3n) is 4.70. The van der Waals surface area contributed by atoms with E-state index in [9.17, 15) is 4.79 Å². The molecule has 6 nitrogen and oxygen atoms in total. The van der Waals surface area contributed by atoms with Crippen molar-refractivity contribution in [1.29, 1.82) is 0 Å². The third kappa shape index (κ3) is 4.36. The van der Waals surface area contributed by atoms with Gasteiger partial charge in [0.15, 0.2) is 0 Å². The van der Waals surface area contributed by atoms with Crippen LogP contribution < -0.4 is 10.1 Å². The molecule has 1 unspecified atom stereocenters. The molecule has 3 aromatic rings. The van der Waals surface area contributed by atoms with E-state index in [-0.39, 0.29) is 11.9 Å². The number of rotatable bonds is 8. The third-order valence-corrected chi connectivity index (χ3v) is 5.38. The number of nitrogens with zero attached hydrogens (tertiary/aromatic N) is 2. The predicted octanol–water partition coefficient (Wildman–Crippen LogP) is 4.01. The molecular formula is C20H21N3O3S. The predicted molar refractivity (Wildman–Crippen MR) is 103 cm³/mol. The number of thiophene rings is 1. The second kappa shape index (κ2) is 7.92. The first-order valence-corrected chi connectivity index (χ1v) is 9.95. The van der Waals surface area contributed by atoms with Crippen molar-refractivity contribution in [3.63, 3.8) is 0 Å². The summed E-state index contributed by atoms with van der Waals surface area (Å²) in [7, 11) is 1.65. The molecule has 1 aliphatic carbocycles. The van der Waals surface area contributed by atoms with E-state index < -0.39 is 0 Å². The van der Waals surface area contributed by atoms with E-state index in [1.807, 2.05) is 41.1 Å². The topological polar surface area (TPSA) is 77.2 Å². The molecule has 1 fully saturated rings. The van der Waals surface area contributed by atoms with Gasteiger partial charge in [0.2, 0.25) is 17.6 Å². The summed E-state index contributed by atoms with van der Waals surface area (Å²) in [6.45, 7) is 0. The maximum Gasteiger partial charge on any atom is 0.227 e. The standard InChI is InChI=1S/C20H21N3O3S/c1-25-16-6-4-14(5-7-16)19(13-2-3-13)21-17(24)8-9-18-22-20(23-26-18)15-10-11-27-12-15/h4-7,10-13,19H,2-3,8-9H2,1H3,(H,21,24). The van der Waals surface area contributed by atoms with Crippen molar-refractivity contribution in [2.45, 2.75) is 31.7 Å². The van der Waals surface area contributed by atoms with Crippen molar-refractivity contribution < 1.29 is 14.1 Å². The van der Waals surface area contributed by atoms with Gasteiger partial charge in [0.25, 0.3) is 0 Å². The summed E-state index contributed by atoms with van der Waals surface area (Å²) in [5.74, 6) is 2.38. The molecule has 1 saturated carbocycles. The van der Waals surface area contributed by atoms with Crippen LogP contribution in [0.3, 0.4) is 0 Å². The van der Waals surface area contributed by atoms with Gasteiger partial charge in [-0.15, -0.1) is 0 Å². The number of carbonyl (C=O) groups excluding carboxylic acids is 1. The summed E-state index contributed by atoms with van der Waals surface area (Å²) >= 11 is 1.58. The monoisotopic (exact) mass is 383 g/mol. The lowest BCUT2D eigenvalue weighted by molar-refractivity contribution is -0.122. The second-order valence-electron chi connectivity index (χ2n) is 6.68. The summed E-state index contributed by atoms with van der Waals surface area (Å²) in [6.07, 6.45) is 3.04. The molecule has 1 aliphatic rings. The van der Waals surface area contributed by atoms with Gasteiger partial charge in [0.1, 0.15) is 5.75 Å². The van der Waals surface area contributed by atoms with Gasteiger partial charge < -0.3 is 14.6 Å². The summed E-state index contributed by atoms with van der Waals surface area (Å²) < 4.78 is 10.5. The zero-order chi connectivity index (χ0) is 18.6. The van der Waals surface area contributed by atoms with Crippen LogP contribution in [-0.4, -0.2) is 23.2 Å². The van der Waals surface area contributed by atoms with E-state index in [4.69, 9.17) is 9.26 Å². The maximum absolute atomic E-state index is 12.5. The van der Waals surface area contributed by atoms with Gasteiger partial charge in [0.05, 0.1) is 13.2 Å². The Bertz CT molecular complexity index is 886. The first-order chi connectivity index (χ1) is 13.2. The molecule has 2 heterocycles. The number of nitrogens with one attached hydrogen (secondary N) is 1. The maximum atomic E-state index is 12.5. The van der Waals surface area contributed by atoms with Gasteiger partial charge >= 0.3 is 0 Å². The van der Waals surface area contributed by atoms with Gasteiger partial charge in [0, 0.05) is 23.8 Å². The van der Waals surface area contributed by atoms with Crippen LogP contribution in [0.15, 0.2) is 45.6 Å². The first kappa shape index (κ1) is 17.7. The number of ether oxygens (including phenoxy) is 1. The lowest BCUT2D eigenvalue weighted by atomic mass is 10.0. The Kier molecular flexibility index (Phi) is 5.20. The van der Waals surface area contributed by atoms with Crippen molar-refractivity contribution in [1.82, 2.24) is 15.5 Å². The molecule has 0 spiro atoms. The normalized spacial score (nSPS) is 14.7. The van der Waals surface area contributed by atoms with E-state index in [2.05, 4.69) is 15.5 Å². The summed E-state index contributed by atoms with van der Waals surface area (Å²) in [5.41, 5.74) is 2.05. The molecule has 1 amide bonds. The summed E-state index contributed by atoms with van der Waals surface area (Å²) in [6, 6.07) is 9.90. The molecule has 0 aliphatic heterocycles. The number of benzene rings is 1. The quantitative estimate of drug-likeness (QED) is 0.636. The molecule has 2 aromatic heterocycles. The highest BCUT2D eigenvalue weighted by Gasteiger charge is 2.33. The molecule has 7 heteroatoms. The number of hydrogen-bond acceptors (Lipinski definition) is 6. The fraction of sp³-hybridized carbons (Fsp3) is 0.350. The highest BCUT2D eigenvalue weighted by Crippen LogP contribution is 2.41. The first-order valence-electron chi connectivity index (χ1n) is 9.01. The number of aryl methyl sites for hydroxylation is 1. The van der Waals surface area contributed by atoms with E-state index >= 15 is 0 Å². The molecule has 0 bridgehead atoms. The van der Waals surface area contributed by atoms with E-state index in [0.29, 0.717) is 30.5 Å². The zero-order valence-electron chi connectivity index (χ0n) is 15.1. The number of methoxy groups -OCH3 is 1. The largest absolute Gasteiger partial charge is 0.497 e. The lowest BCUT2D eigenvalue weighted by Crippen LogP contribution is -2.30. The van der Waals surface area contributed by atoms with Crippen LogP contribution in [0, 0.1) is 5.92 Å². The molecule has 1 aromatic carbocycles. The lowest BCUT2D eigenvalue weighted by Gasteiger charge is -2.19. The Morgan fingerprint density at radius 1 is 1.33 bits per heavy atom. The minimum atomic E-state index is -0.00185. The number of carbonyl (C=O) groups is 1. The highest BCUT2D eigenvalue weighted by atomic mass is 32.1. The molecule has 27 heavy (non-hydrogen) atoms. The number of hydrogen-bond donors (Lipinski definition) is 1. The van der Waals surface area contributed by atoms with Crippen LogP contribution in [0.1, 0.15) is 36.8 Å². The van der Waals surface area contributed by atoms with Crippen molar-refractivity contribution in [2.24, 2.45) is 5.92 Å². The van der Waals surface area contributed by atoms with Crippen LogP contribution in [0.5, 0.6) is 5.75 Å². The molecule has 140 valence electrons. The molecular weight excluding hydrogens is 362 g/mol. The molecule has 0 radical (unpaired) electrons. The Morgan fingerprint density at radius 3 is 2.81 bits per heavy atom. The SMILES string of the molecule is COc1ccc(C(NC(=O)CCc2nc(-c3ccsc3)no2)C2CC2)cc1. The smallest absolute Gasteiger partial charge is 0.227 e. The Morgan fingerprint density at radius 2 is 2.15 bits per heavy atom. The van der Waals surface area contributed by atoms with Crippen LogP contribution in [0.4, 0.5) is 0 Å². The fourth-order valence-corrected chi connectivity index (χ4v) is 3.68. The second-order valence-corrected chi connectivity index (χ2v) is 7.46. The molecule has 0 saturated heterocycles. The van der Waals surface area contributed by atoms with Gasteiger partial charge in [-0.05, 0) is 47.9 Å². The van der Waals surface area contributed by atoms with Gasteiger partial charge in [-0.3, -0.25) is 4.79 Å². The van der Waals surface area contributed by atoms with Crippen LogP contribution in [-0.2, 0) is 11.2 Å². The van der Waals surface area contributed by atoms with Crippen molar-refractivity contribution in [3.8, 4) is 17.1 Å². The Balaban J connectivity index is 1.34. The average Bonchev–Trinajstić information content (AvgIpc) is 3.19. The van der Waals surface area contributed by atoms with Crippen molar-refractivity contribution in [2.75, 3.05) is 7.11 Å². The molecule has 1 N–H and O–H groups in total. The van der Waals surface area contributed by atoms with E-state index in [1.165, 1.54) is 0 Å². The van der Waals surface area contributed by atoms with Crippen LogP contribution in [0.25, 0.3) is 11.4 Å². The Labute approximate surface area is 161 Å². The zero-order valence-corrected chi connectivity index (χ0v) is 15.9. The van der Waals surface area contributed by atoms with Crippen LogP contribution in [0.2, 0.25) is 0 Å². The molecule has 1 atom stereocenters. The highest BCUT2D eigenvalue weighted by molar-refractivity contribution is 7.08. The van der Waals surface area contributed by atoms with Crippen molar-refractivity contribution >= 4 is 17.2 Å². The minimum Gasteiger partial charge on any atom is -0.497 e. The van der Waals surface area contributed by atoms with Gasteiger partial charge in [-0.2, -0.15) is 16.3 Å². The Hall–Kier alpha value is -2.67. The number of amides is 1. The van der Waals surface area contributed by atoms with E-state index in [1.54, 1.807) is 18.4 Å². The number of aromatic nitrogens is 2. The van der Waals surface area contributed by atoms with Gasteiger partial charge in [-0.1, -0.05) is 17.3 Å². The summed E-state index contributed by atoms with van der Waals surface area (Å²) in [5, 5.41) is 11.1. The van der Waals surface area contributed by atoms with Crippen LogP contribution >= 0.6 is 11.3 Å². The molecule has 4 rings (SSSR count). The average molecular weight is 383 g/mol. The summed E-state index contributed by atoms with van der Waals surface area (Å²) in [4.78, 5) is 16.8. The van der Waals surface area contributed by atoms with Crippen molar-refractivity contribution in [3.05, 3.63) is 52.5 Å².